The number of hydrogen-bond acceptors (Lipinski definition) is 2. The lowest BCUT2D eigenvalue weighted by Gasteiger charge is -2.10. The van der Waals surface area contributed by atoms with Crippen molar-refractivity contribution in [2.24, 2.45) is 0 Å². The average molecular weight is 270 g/mol. The minimum absolute atomic E-state index is 0.179. The van der Waals surface area contributed by atoms with Crippen LogP contribution in [0.3, 0.4) is 0 Å². The molecule has 0 heterocycles. The summed E-state index contributed by atoms with van der Waals surface area (Å²) in [5.74, 6) is 0. The fourth-order valence-corrected chi connectivity index (χ4v) is 1.74. The van der Waals surface area contributed by atoms with E-state index in [-0.39, 0.29) is 6.54 Å². The van der Waals surface area contributed by atoms with E-state index in [0.717, 1.165) is 5.56 Å². The zero-order chi connectivity index (χ0) is 12.1. The van der Waals surface area contributed by atoms with Crippen LogP contribution in [0.15, 0.2) is 18.2 Å². The zero-order valence-electron chi connectivity index (χ0n) is 8.26. The Bertz CT molecular complexity index is 329. The van der Waals surface area contributed by atoms with Crippen LogP contribution in [0.5, 0.6) is 0 Å². The summed E-state index contributed by atoms with van der Waals surface area (Å²) >= 11 is 11.5. The lowest BCUT2D eigenvalue weighted by atomic mass is 10.2. The van der Waals surface area contributed by atoms with Crippen molar-refractivity contribution >= 4 is 23.2 Å². The minimum Gasteiger partial charge on any atom is -0.386 e. The van der Waals surface area contributed by atoms with E-state index in [1.807, 2.05) is 0 Å². The second-order valence-corrected chi connectivity index (χ2v) is 4.18. The summed E-state index contributed by atoms with van der Waals surface area (Å²) < 4.78 is 23.9. The minimum atomic E-state index is -2.74. The van der Waals surface area contributed by atoms with E-state index in [1.165, 1.54) is 0 Å². The van der Waals surface area contributed by atoms with Crippen LogP contribution in [-0.4, -0.2) is 24.2 Å². The fourth-order valence-electron chi connectivity index (χ4n) is 1.17. The van der Waals surface area contributed by atoms with Gasteiger partial charge in [0.15, 0.2) is 0 Å². The highest BCUT2D eigenvalue weighted by atomic mass is 35.5. The van der Waals surface area contributed by atoms with Gasteiger partial charge in [0.05, 0.1) is 0 Å². The third-order valence-electron chi connectivity index (χ3n) is 1.90. The van der Waals surface area contributed by atoms with Crippen molar-refractivity contribution < 1.29 is 13.9 Å². The van der Waals surface area contributed by atoms with Crippen LogP contribution in [0.4, 0.5) is 8.78 Å². The number of halogens is 4. The molecule has 1 aromatic carbocycles. The summed E-state index contributed by atoms with van der Waals surface area (Å²) in [6, 6.07) is 4.94. The van der Waals surface area contributed by atoms with Crippen LogP contribution >= 0.6 is 23.2 Å². The van der Waals surface area contributed by atoms with Crippen molar-refractivity contribution in [2.45, 2.75) is 19.1 Å². The molecule has 1 unspecified atom stereocenters. The van der Waals surface area contributed by atoms with E-state index < -0.39 is 12.5 Å². The molecule has 0 saturated heterocycles. The van der Waals surface area contributed by atoms with Gasteiger partial charge in [-0.25, -0.2) is 8.78 Å². The van der Waals surface area contributed by atoms with Gasteiger partial charge in [0.25, 0.3) is 6.43 Å². The molecule has 2 nitrogen and oxygen atoms in total. The first-order chi connectivity index (χ1) is 7.49. The molecule has 0 bridgehead atoms. The Kier molecular flexibility index (Phi) is 5.41. The Morgan fingerprint density at radius 2 is 1.75 bits per heavy atom. The van der Waals surface area contributed by atoms with Gasteiger partial charge in [-0.3, -0.25) is 0 Å². The molecule has 0 spiro atoms. The molecular formula is C10H11Cl2F2NO. The van der Waals surface area contributed by atoms with Crippen LogP contribution in [-0.2, 0) is 6.54 Å². The second kappa shape index (κ2) is 6.35. The average Bonchev–Trinajstić information content (AvgIpc) is 2.15. The van der Waals surface area contributed by atoms with E-state index in [2.05, 4.69) is 5.32 Å². The SMILES string of the molecule is OC(CNCc1cc(Cl)cc(Cl)c1)C(F)F. The van der Waals surface area contributed by atoms with Gasteiger partial charge in [0.2, 0.25) is 0 Å². The summed E-state index contributed by atoms with van der Waals surface area (Å²) in [5, 5.41) is 12.5. The number of hydrogen-bond donors (Lipinski definition) is 2. The molecule has 0 aliphatic heterocycles. The molecule has 0 aliphatic rings. The molecule has 1 aromatic rings. The van der Waals surface area contributed by atoms with Gasteiger partial charge < -0.3 is 10.4 Å². The molecule has 1 atom stereocenters. The number of aliphatic hydroxyl groups excluding tert-OH is 1. The summed E-state index contributed by atoms with van der Waals surface area (Å²) in [4.78, 5) is 0. The summed E-state index contributed by atoms with van der Waals surface area (Å²) in [7, 11) is 0. The Labute approximate surface area is 102 Å². The van der Waals surface area contributed by atoms with Crippen LogP contribution in [0.1, 0.15) is 5.56 Å². The monoisotopic (exact) mass is 269 g/mol. The maximum atomic E-state index is 12.0. The first kappa shape index (κ1) is 13.6. The number of aliphatic hydroxyl groups is 1. The van der Waals surface area contributed by atoms with Crippen LogP contribution in [0.25, 0.3) is 0 Å². The Hall–Kier alpha value is -0.420. The van der Waals surface area contributed by atoms with E-state index in [4.69, 9.17) is 28.3 Å². The maximum Gasteiger partial charge on any atom is 0.265 e. The molecule has 90 valence electrons. The summed E-state index contributed by atoms with van der Waals surface area (Å²) in [6.45, 7) is 0.145. The molecule has 0 fully saturated rings. The van der Waals surface area contributed by atoms with Gasteiger partial charge in [0.1, 0.15) is 6.10 Å². The van der Waals surface area contributed by atoms with Gasteiger partial charge in [-0.05, 0) is 23.8 Å². The number of benzene rings is 1. The standard InChI is InChI=1S/C10H11Cl2F2NO/c11-7-1-6(2-8(12)3-7)4-15-5-9(16)10(13)14/h1-3,9-10,15-16H,4-5H2. The molecular weight excluding hydrogens is 259 g/mol. The third kappa shape index (κ3) is 4.61. The number of alkyl halides is 2. The van der Waals surface area contributed by atoms with Crippen molar-refractivity contribution in [1.29, 1.82) is 0 Å². The van der Waals surface area contributed by atoms with Crippen molar-refractivity contribution in [3.05, 3.63) is 33.8 Å². The summed E-state index contributed by atoms with van der Waals surface area (Å²) in [6.07, 6.45) is -4.40. The molecule has 1 rings (SSSR count). The lowest BCUT2D eigenvalue weighted by Crippen LogP contribution is -2.31. The highest BCUT2D eigenvalue weighted by Gasteiger charge is 2.15. The Morgan fingerprint density at radius 3 is 2.25 bits per heavy atom. The molecule has 0 amide bonds. The molecule has 2 N–H and O–H groups in total. The van der Waals surface area contributed by atoms with Gasteiger partial charge in [-0.15, -0.1) is 0 Å². The smallest absolute Gasteiger partial charge is 0.265 e. The third-order valence-corrected chi connectivity index (χ3v) is 2.33. The van der Waals surface area contributed by atoms with Crippen molar-refractivity contribution in [3.63, 3.8) is 0 Å². The van der Waals surface area contributed by atoms with Gasteiger partial charge >= 0.3 is 0 Å². The van der Waals surface area contributed by atoms with Crippen molar-refractivity contribution in [2.75, 3.05) is 6.54 Å². The van der Waals surface area contributed by atoms with E-state index in [9.17, 15) is 8.78 Å². The second-order valence-electron chi connectivity index (χ2n) is 3.31. The number of rotatable bonds is 5. The number of nitrogens with one attached hydrogen (secondary N) is 1. The highest BCUT2D eigenvalue weighted by molar-refractivity contribution is 6.34. The van der Waals surface area contributed by atoms with Crippen LogP contribution in [0.2, 0.25) is 10.0 Å². The predicted molar refractivity (Wildman–Crippen MR) is 60.2 cm³/mol. The van der Waals surface area contributed by atoms with E-state index >= 15 is 0 Å². The van der Waals surface area contributed by atoms with Gasteiger partial charge in [-0.2, -0.15) is 0 Å². The topological polar surface area (TPSA) is 32.3 Å². The first-order valence-electron chi connectivity index (χ1n) is 4.61. The van der Waals surface area contributed by atoms with Crippen molar-refractivity contribution in [3.8, 4) is 0 Å². The zero-order valence-corrected chi connectivity index (χ0v) is 9.77. The summed E-state index contributed by atoms with van der Waals surface area (Å²) in [5.41, 5.74) is 0.777. The molecule has 6 heteroatoms. The van der Waals surface area contributed by atoms with E-state index in [0.29, 0.717) is 16.6 Å². The Balaban J connectivity index is 2.43. The first-order valence-corrected chi connectivity index (χ1v) is 5.36. The molecule has 0 saturated carbocycles. The quantitative estimate of drug-likeness (QED) is 0.862. The molecule has 0 aliphatic carbocycles. The molecule has 0 aromatic heterocycles. The largest absolute Gasteiger partial charge is 0.386 e. The lowest BCUT2D eigenvalue weighted by molar-refractivity contribution is -0.00340. The predicted octanol–water partition coefficient (Wildman–Crippen LogP) is 2.71. The van der Waals surface area contributed by atoms with Gasteiger partial charge in [0, 0.05) is 23.1 Å². The Morgan fingerprint density at radius 1 is 1.19 bits per heavy atom. The van der Waals surface area contributed by atoms with Crippen molar-refractivity contribution in [1.82, 2.24) is 5.32 Å². The fraction of sp³-hybridized carbons (Fsp3) is 0.400. The maximum absolute atomic E-state index is 12.0. The van der Waals surface area contributed by atoms with Crippen LogP contribution in [0, 0.1) is 0 Å². The normalized spacial score (nSPS) is 13.1. The highest BCUT2D eigenvalue weighted by Crippen LogP contribution is 2.18. The molecule has 16 heavy (non-hydrogen) atoms. The molecule has 0 radical (unpaired) electrons. The van der Waals surface area contributed by atoms with E-state index in [1.54, 1.807) is 18.2 Å². The van der Waals surface area contributed by atoms with Crippen LogP contribution < -0.4 is 5.32 Å². The van der Waals surface area contributed by atoms with Gasteiger partial charge in [-0.1, -0.05) is 23.2 Å².